The molecule has 2 nitrogen and oxygen atoms in total. The van der Waals surface area contributed by atoms with E-state index in [9.17, 15) is 0 Å². The maximum Gasteiger partial charge on any atom is 0.217 e. The molecule has 0 fully saturated rings. The predicted molar refractivity (Wildman–Crippen MR) is 49.3 cm³/mol. The van der Waals surface area contributed by atoms with Gasteiger partial charge in [0.15, 0.2) is 6.79 Å². The zero-order chi connectivity index (χ0) is 7.28. The van der Waals surface area contributed by atoms with Gasteiger partial charge in [-0.05, 0) is 6.08 Å². The topological polar surface area (TPSA) is 20.5 Å². The molecule has 0 spiro atoms. The van der Waals surface area contributed by atoms with Crippen molar-refractivity contribution in [3.8, 4) is 0 Å². The summed E-state index contributed by atoms with van der Waals surface area (Å²) >= 11 is 0. The van der Waals surface area contributed by atoms with Crippen LogP contribution in [-0.2, 0) is 9.16 Å². The molecule has 0 aliphatic heterocycles. The van der Waals surface area contributed by atoms with Crippen LogP contribution in [0.3, 0.4) is 0 Å². The third kappa shape index (κ3) is 9.61. The van der Waals surface area contributed by atoms with Crippen molar-refractivity contribution in [2.45, 2.75) is 21.3 Å². The molecule has 0 saturated carbocycles. The summed E-state index contributed by atoms with van der Waals surface area (Å²) in [7, 11) is 1.61. The van der Waals surface area contributed by atoms with Crippen LogP contribution in [0.25, 0.3) is 0 Å². The Morgan fingerprint density at radius 1 is 1.64 bits per heavy atom. The van der Waals surface area contributed by atoms with Crippen molar-refractivity contribution in [3.05, 3.63) is 17.9 Å². The number of allylic oxidation sites excluding steroid dienone is 1. The fourth-order valence-electron chi connectivity index (χ4n) is 0.387. The molecule has 63 valence electrons. The molecule has 0 N–H and O–H groups in total. The van der Waals surface area contributed by atoms with Gasteiger partial charge in [-0.25, -0.2) is 0 Å². The van der Waals surface area contributed by atoms with Crippen LogP contribution < -0.4 is 0 Å². The van der Waals surface area contributed by atoms with Crippen molar-refractivity contribution >= 4 is 24.2 Å². The summed E-state index contributed by atoms with van der Waals surface area (Å²) in [6.45, 7) is 6.90. The van der Waals surface area contributed by atoms with Crippen LogP contribution in [0.2, 0.25) is 0 Å². The number of hydrogen-bond donors (Lipinski definition) is 0. The fraction of sp³-hybridized carbons (Fsp3) is 0.500. The van der Waals surface area contributed by atoms with E-state index in [1.807, 2.05) is 13.8 Å². The summed E-state index contributed by atoms with van der Waals surface area (Å²) in [5, 5.41) is 0. The molecule has 0 saturated heterocycles. The molecular formula is C8H16AlO2. The first-order chi connectivity index (χ1) is 4.20. The number of hydrogen-bond acceptors (Lipinski definition) is 1. The molecule has 3 radical (unpaired) electrons. The van der Waals surface area contributed by atoms with Crippen LogP contribution in [0.5, 0.6) is 0 Å². The van der Waals surface area contributed by atoms with E-state index in [0.717, 1.165) is 11.9 Å². The third-order valence-corrected chi connectivity index (χ3v) is 0.956. The van der Waals surface area contributed by atoms with Gasteiger partial charge in [-0.1, -0.05) is 14.4 Å². The molecule has 0 aromatic carbocycles. The van der Waals surface area contributed by atoms with Gasteiger partial charge in [0.2, 0.25) is 6.10 Å². The first kappa shape index (κ1) is 16.9. The van der Waals surface area contributed by atoms with E-state index in [1.165, 1.54) is 0 Å². The zero-order valence-corrected chi connectivity index (χ0v) is 7.83. The first-order valence-electron chi connectivity index (χ1n) is 2.68. The van der Waals surface area contributed by atoms with Gasteiger partial charge in [-0.15, -0.1) is 0 Å². The Balaban J connectivity index is -0.000000320. The Bertz CT molecular complexity index is 121. The van der Waals surface area contributed by atoms with E-state index in [-0.39, 0.29) is 24.8 Å². The smallest absolute Gasteiger partial charge is 0.217 e. The van der Waals surface area contributed by atoms with E-state index in [1.54, 1.807) is 13.2 Å². The van der Waals surface area contributed by atoms with Gasteiger partial charge >= 0.3 is 0 Å². The minimum absolute atomic E-state index is 0. The summed E-state index contributed by atoms with van der Waals surface area (Å²) in [6, 6.07) is 0. The van der Waals surface area contributed by atoms with E-state index >= 15 is 0 Å². The second kappa shape index (κ2) is 9.61. The number of carbonyl (C=O) groups excluding carboxylic acids is 1. The second-order valence-corrected chi connectivity index (χ2v) is 1.71. The lowest BCUT2D eigenvalue weighted by atomic mass is 10.3. The lowest BCUT2D eigenvalue weighted by molar-refractivity contribution is -0.419. The molecule has 0 heterocycles. The van der Waals surface area contributed by atoms with Gasteiger partial charge in [0, 0.05) is 30.0 Å². The van der Waals surface area contributed by atoms with E-state index in [2.05, 4.69) is 11.2 Å². The number of ether oxygens (including phenoxy) is 1. The highest BCUT2D eigenvalue weighted by atomic mass is 27.0. The maximum atomic E-state index is 4.86. The Kier molecular flexibility index (Phi) is 14.8. The average Bonchev–Trinajstić information content (AvgIpc) is 1.87. The molecule has 0 rings (SSSR count). The van der Waals surface area contributed by atoms with Gasteiger partial charge in [-0.2, -0.15) is 0 Å². The van der Waals surface area contributed by atoms with Crippen LogP contribution in [0.1, 0.15) is 21.3 Å². The number of rotatable bonds is 3. The fourth-order valence-corrected chi connectivity index (χ4v) is 0.387. The Hall–Kier alpha value is -0.388. The lowest BCUT2D eigenvalue weighted by Crippen LogP contribution is -1.88. The van der Waals surface area contributed by atoms with E-state index in [4.69, 9.17) is 4.74 Å². The predicted octanol–water partition coefficient (Wildman–Crippen LogP) is 1.71. The monoisotopic (exact) mass is 171 g/mol. The van der Waals surface area contributed by atoms with Gasteiger partial charge < -0.3 is 9.16 Å². The Morgan fingerprint density at radius 2 is 2.09 bits per heavy atom. The van der Waals surface area contributed by atoms with Crippen molar-refractivity contribution in [2.24, 2.45) is 0 Å². The standard InChI is InChI=1S/C7H12O2.CH4.Al/c1-6(8-3)5-7(2)9-4;;/h5H,3H2,1-2,4H3;1H4;/b7-5-;;. The summed E-state index contributed by atoms with van der Waals surface area (Å²) in [5.74, 6) is 0.816. The molecule has 0 aromatic heterocycles. The Labute approximate surface area is 80.1 Å². The normalized spacial score (nSPS) is 8.82. The van der Waals surface area contributed by atoms with Crippen molar-refractivity contribution < 1.29 is 9.16 Å². The van der Waals surface area contributed by atoms with Crippen LogP contribution in [-0.4, -0.2) is 31.3 Å². The second-order valence-electron chi connectivity index (χ2n) is 1.71. The van der Waals surface area contributed by atoms with Crippen molar-refractivity contribution in [1.29, 1.82) is 0 Å². The molecule has 0 aromatic rings. The average molecular weight is 171 g/mol. The van der Waals surface area contributed by atoms with Crippen LogP contribution in [0, 0.1) is 6.10 Å². The molecule has 3 heteroatoms. The summed E-state index contributed by atoms with van der Waals surface area (Å²) < 4.78 is 9.49. The van der Waals surface area contributed by atoms with Crippen molar-refractivity contribution in [3.63, 3.8) is 0 Å². The van der Waals surface area contributed by atoms with Gasteiger partial charge in [0.05, 0.1) is 7.11 Å². The SMILES string of the molecule is C.C=[O+][C-](C)/C=C(/C)OC.[Al]. The minimum atomic E-state index is 0. The molecule has 0 aliphatic carbocycles. The van der Waals surface area contributed by atoms with Gasteiger partial charge in [-0.3, -0.25) is 0 Å². The Morgan fingerprint density at radius 3 is 2.36 bits per heavy atom. The lowest BCUT2D eigenvalue weighted by Gasteiger charge is -2.02. The minimum Gasteiger partial charge on any atom is -0.557 e. The molecular weight excluding hydrogens is 155 g/mol. The number of methoxy groups -OCH3 is 1. The largest absolute Gasteiger partial charge is 0.557 e. The first-order valence-corrected chi connectivity index (χ1v) is 2.68. The highest BCUT2D eigenvalue weighted by molar-refractivity contribution is 5.75. The van der Waals surface area contributed by atoms with Crippen LogP contribution in [0.15, 0.2) is 11.8 Å². The van der Waals surface area contributed by atoms with E-state index in [0.29, 0.717) is 0 Å². The third-order valence-electron chi connectivity index (χ3n) is 0.956. The molecule has 0 bridgehead atoms. The summed E-state index contributed by atoms with van der Waals surface area (Å²) in [6.07, 6.45) is 2.52. The van der Waals surface area contributed by atoms with Crippen molar-refractivity contribution in [2.75, 3.05) is 7.11 Å². The quantitative estimate of drug-likeness (QED) is 0.274. The van der Waals surface area contributed by atoms with Crippen LogP contribution in [0.4, 0.5) is 0 Å². The molecule has 0 atom stereocenters. The summed E-state index contributed by atoms with van der Waals surface area (Å²) in [4.78, 5) is 0. The molecule has 0 unspecified atom stereocenters. The van der Waals surface area contributed by atoms with Crippen LogP contribution >= 0.6 is 0 Å². The van der Waals surface area contributed by atoms with Gasteiger partial charge in [0.25, 0.3) is 0 Å². The van der Waals surface area contributed by atoms with E-state index < -0.39 is 0 Å². The molecule has 11 heavy (non-hydrogen) atoms. The zero-order valence-electron chi connectivity index (χ0n) is 6.68. The molecule has 0 amide bonds. The molecule has 0 aliphatic rings. The van der Waals surface area contributed by atoms with Crippen molar-refractivity contribution in [1.82, 2.24) is 0 Å². The highest BCUT2D eigenvalue weighted by Crippen LogP contribution is 2.01. The van der Waals surface area contributed by atoms with Gasteiger partial charge in [0.1, 0.15) is 0 Å². The highest BCUT2D eigenvalue weighted by Gasteiger charge is 1.94. The maximum absolute atomic E-state index is 4.86. The summed E-state index contributed by atoms with van der Waals surface area (Å²) in [5.41, 5.74) is 0.